The fourth-order valence-electron chi connectivity index (χ4n) is 4.03. The fraction of sp³-hybridized carbons (Fsp3) is 0.522. The first-order chi connectivity index (χ1) is 14.5. The van der Waals surface area contributed by atoms with Crippen LogP contribution >= 0.6 is 0 Å². The number of para-hydroxylation sites is 1. The third-order valence-corrected chi connectivity index (χ3v) is 5.72. The molecule has 1 saturated heterocycles. The topological polar surface area (TPSA) is 87.3 Å². The number of benzene rings is 1. The monoisotopic (exact) mass is 412 g/mol. The number of piperidine rings is 1. The first-order valence-corrected chi connectivity index (χ1v) is 10.7. The van der Waals surface area contributed by atoms with E-state index < -0.39 is 0 Å². The lowest BCUT2D eigenvalue weighted by atomic mass is 9.83. The molecular weight excluding hydrogens is 380 g/mol. The Kier molecular flexibility index (Phi) is 7.13. The van der Waals surface area contributed by atoms with Crippen molar-refractivity contribution < 1.29 is 14.3 Å². The summed E-state index contributed by atoms with van der Waals surface area (Å²) in [4.78, 5) is 28.0. The Labute approximate surface area is 178 Å². The Hall–Kier alpha value is -2.83. The van der Waals surface area contributed by atoms with Crippen molar-refractivity contribution in [3.05, 3.63) is 41.6 Å². The molecule has 1 aromatic heterocycles. The first-order valence-electron chi connectivity index (χ1n) is 10.7. The number of anilines is 1. The van der Waals surface area contributed by atoms with E-state index in [0.717, 1.165) is 24.1 Å². The van der Waals surface area contributed by atoms with E-state index in [1.54, 1.807) is 7.11 Å². The van der Waals surface area contributed by atoms with Gasteiger partial charge in [-0.3, -0.25) is 14.7 Å². The largest absolute Gasteiger partial charge is 0.496 e. The van der Waals surface area contributed by atoms with Crippen LogP contribution in [0.5, 0.6) is 5.75 Å². The molecule has 7 heteroatoms. The number of likely N-dealkylation sites (tertiary alicyclic amines) is 1. The van der Waals surface area contributed by atoms with E-state index in [2.05, 4.69) is 36.3 Å². The van der Waals surface area contributed by atoms with Gasteiger partial charge in [0.2, 0.25) is 11.8 Å². The molecule has 0 spiro atoms. The van der Waals surface area contributed by atoms with Crippen LogP contribution in [0.25, 0.3) is 0 Å². The van der Waals surface area contributed by atoms with Crippen LogP contribution in [0.15, 0.2) is 30.3 Å². The zero-order valence-corrected chi connectivity index (χ0v) is 18.3. The van der Waals surface area contributed by atoms with Crippen LogP contribution in [0.1, 0.15) is 69.7 Å². The Balaban J connectivity index is 1.92. The van der Waals surface area contributed by atoms with Gasteiger partial charge in [-0.2, -0.15) is 5.10 Å². The van der Waals surface area contributed by atoms with Crippen LogP contribution in [-0.4, -0.2) is 40.6 Å². The van der Waals surface area contributed by atoms with E-state index in [9.17, 15) is 9.59 Å². The van der Waals surface area contributed by atoms with Gasteiger partial charge >= 0.3 is 0 Å². The lowest BCUT2D eigenvalue weighted by Crippen LogP contribution is -2.47. The van der Waals surface area contributed by atoms with Crippen LogP contribution in [-0.2, 0) is 9.59 Å². The van der Waals surface area contributed by atoms with E-state index in [1.165, 1.54) is 0 Å². The molecule has 1 aliphatic heterocycles. The van der Waals surface area contributed by atoms with Crippen molar-refractivity contribution in [3.63, 3.8) is 0 Å². The summed E-state index contributed by atoms with van der Waals surface area (Å²) in [7, 11) is 1.62. The Morgan fingerprint density at radius 3 is 2.80 bits per heavy atom. The van der Waals surface area contributed by atoms with Crippen molar-refractivity contribution in [3.8, 4) is 5.75 Å². The van der Waals surface area contributed by atoms with Crippen LogP contribution in [0.3, 0.4) is 0 Å². The molecule has 0 bridgehead atoms. The van der Waals surface area contributed by atoms with Crippen molar-refractivity contribution >= 4 is 17.6 Å². The van der Waals surface area contributed by atoms with Gasteiger partial charge in [0.05, 0.1) is 19.1 Å². The summed E-state index contributed by atoms with van der Waals surface area (Å²) >= 11 is 0. The molecule has 1 aromatic carbocycles. The van der Waals surface area contributed by atoms with Gasteiger partial charge in [-0.1, -0.05) is 45.4 Å². The van der Waals surface area contributed by atoms with Gasteiger partial charge in [0.15, 0.2) is 5.82 Å². The molecule has 2 atom stereocenters. The second-order valence-corrected chi connectivity index (χ2v) is 8.13. The Morgan fingerprint density at radius 1 is 1.37 bits per heavy atom. The van der Waals surface area contributed by atoms with Crippen molar-refractivity contribution in [2.75, 3.05) is 19.0 Å². The maximum atomic E-state index is 13.3. The van der Waals surface area contributed by atoms with E-state index in [1.807, 2.05) is 35.2 Å². The normalized spacial score (nSPS) is 19.2. The molecule has 3 rings (SSSR count). The molecule has 2 unspecified atom stereocenters. The second kappa shape index (κ2) is 9.78. The van der Waals surface area contributed by atoms with E-state index in [4.69, 9.17) is 4.74 Å². The highest BCUT2D eigenvalue weighted by Crippen LogP contribution is 2.41. The molecule has 162 valence electrons. The van der Waals surface area contributed by atoms with Crippen molar-refractivity contribution in [1.82, 2.24) is 15.1 Å². The molecule has 30 heavy (non-hydrogen) atoms. The smallest absolute Gasteiger partial charge is 0.231 e. The number of carbonyl (C=O) groups excluding carboxylic acids is 2. The number of nitrogens with zero attached hydrogens (tertiary/aromatic N) is 2. The van der Waals surface area contributed by atoms with Gasteiger partial charge in [0, 0.05) is 30.3 Å². The average Bonchev–Trinajstić information content (AvgIpc) is 3.21. The maximum Gasteiger partial charge on any atom is 0.231 e. The number of unbranched alkanes of at least 4 members (excludes halogenated alkanes) is 1. The highest BCUT2D eigenvalue weighted by molar-refractivity contribution is 5.94. The number of aromatic amines is 1. The number of H-pyrrole nitrogens is 1. The predicted molar refractivity (Wildman–Crippen MR) is 116 cm³/mol. The third kappa shape index (κ3) is 4.66. The first kappa shape index (κ1) is 21.9. The van der Waals surface area contributed by atoms with Gasteiger partial charge in [-0.25, -0.2) is 0 Å². The molecule has 0 aliphatic carbocycles. The van der Waals surface area contributed by atoms with Crippen molar-refractivity contribution in [2.45, 2.75) is 58.4 Å². The number of nitrogens with one attached hydrogen (secondary N) is 2. The summed E-state index contributed by atoms with van der Waals surface area (Å²) in [6, 6.07) is 9.15. The van der Waals surface area contributed by atoms with Gasteiger partial charge in [0.1, 0.15) is 5.75 Å². The van der Waals surface area contributed by atoms with Crippen LogP contribution in [0.2, 0.25) is 0 Å². The standard InChI is InChI=1S/C23H32N4O3/c1-5-6-13-27-21(28)12-11-17(22(27)16-9-7-8-10-19(16)30-4)23(29)24-20-14-18(15(2)3)25-26-20/h7-10,14-15,17,22H,5-6,11-13H2,1-4H3,(H2,24,25,26,29). The van der Waals surface area contributed by atoms with E-state index >= 15 is 0 Å². The molecule has 0 radical (unpaired) electrons. The zero-order valence-electron chi connectivity index (χ0n) is 18.3. The number of ether oxygens (including phenoxy) is 1. The highest BCUT2D eigenvalue weighted by Gasteiger charge is 2.41. The maximum absolute atomic E-state index is 13.3. The number of methoxy groups -OCH3 is 1. The minimum atomic E-state index is -0.380. The summed E-state index contributed by atoms with van der Waals surface area (Å²) in [6.45, 7) is 6.85. The molecule has 1 fully saturated rings. The number of rotatable bonds is 8. The highest BCUT2D eigenvalue weighted by atomic mass is 16.5. The van der Waals surface area contributed by atoms with Crippen LogP contribution in [0, 0.1) is 5.92 Å². The summed E-state index contributed by atoms with van der Waals surface area (Å²) < 4.78 is 5.58. The average molecular weight is 413 g/mol. The number of carbonyl (C=O) groups is 2. The number of aromatic nitrogens is 2. The van der Waals surface area contributed by atoms with Crippen molar-refractivity contribution in [2.24, 2.45) is 5.92 Å². The molecule has 2 heterocycles. The molecule has 2 amide bonds. The molecule has 7 nitrogen and oxygen atoms in total. The number of hydrogen-bond acceptors (Lipinski definition) is 4. The molecule has 2 aromatic rings. The summed E-state index contributed by atoms with van der Waals surface area (Å²) in [5.74, 6) is 1.08. The lowest BCUT2D eigenvalue weighted by Gasteiger charge is -2.41. The number of amides is 2. The van der Waals surface area contributed by atoms with Gasteiger partial charge in [0.25, 0.3) is 0 Å². The van der Waals surface area contributed by atoms with Crippen LogP contribution in [0.4, 0.5) is 5.82 Å². The van der Waals surface area contributed by atoms with Crippen LogP contribution < -0.4 is 10.1 Å². The van der Waals surface area contributed by atoms with E-state index in [-0.39, 0.29) is 23.8 Å². The quantitative estimate of drug-likeness (QED) is 0.678. The predicted octanol–water partition coefficient (Wildman–Crippen LogP) is 4.26. The Morgan fingerprint density at radius 2 is 2.13 bits per heavy atom. The van der Waals surface area contributed by atoms with Crippen molar-refractivity contribution in [1.29, 1.82) is 0 Å². The number of hydrogen-bond donors (Lipinski definition) is 2. The summed E-state index contributed by atoms with van der Waals surface area (Å²) in [6.07, 6.45) is 2.73. The summed E-state index contributed by atoms with van der Waals surface area (Å²) in [5, 5.41) is 10.1. The molecule has 1 aliphatic rings. The van der Waals surface area contributed by atoms with Gasteiger partial charge in [-0.05, 0) is 24.8 Å². The van der Waals surface area contributed by atoms with E-state index in [0.29, 0.717) is 36.9 Å². The molecular formula is C23H32N4O3. The van der Waals surface area contributed by atoms with Gasteiger partial charge in [-0.15, -0.1) is 0 Å². The molecule has 0 saturated carbocycles. The third-order valence-electron chi connectivity index (χ3n) is 5.72. The second-order valence-electron chi connectivity index (χ2n) is 8.13. The SMILES string of the molecule is CCCCN1C(=O)CCC(C(=O)Nc2cc(C(C)C)[nH]n2)C1c1ccccc1OC. The fourth-order valence-corrected chi connectivity index (χ4v) is 4.03. The minimum absolute atomic E-state index is 0.0882. The zero-order chi connectivity index (χ0) is 21.7. The van der Waals surface area contributed by atoms with Gasteiger partial charge < -0.3 is 15.0 Å². The minimum Gasteiger partial charge on any atom is -0.496 e. The molecule has 2 N–H and O–H groups in total. The Bertz CT molecular complexity index is 877. The summed E-state index contributed by atoms with van der Waals surface area (Å²) in [5.41, 5.74) is 1.84. The lowest BCUT2D eigenvalue weighted by molar-refractivity contribution is -0.142.